The molecule has 3 nitrogen and oxygen atoms in total. The average Bonchev–Trinajstić information content (AvgIpc) is 2.56. The average molecular weight is 291 g/mol. The van der Waals surface area contributed by atoms with Crippen molar-refractivity contribution in [2.24, 2.45) is 0 Å². The van der Waals surface area contributed by atoms with E-state index in [-0.39, 0.29) is 0 Å². The van der Waals surface area contributed by atoms with Crippen molar-refractivity contribution in [3.05, 3.63) is 33.2 Å². The van der Waals surface area contributed by atoms with Crippen LogP contribution < -0.4 is 5.32 Å². The van der Waals surface area contributed by atoms with Crippen LogP contribution in [0.5, 0.6) is 0 Å². The minimum atomic E-state index is 0.666. The monoisotopic (exact) mass is 289 g/mol. The van der Waals surface area contributed by atoms with Gasteiger partial charge in [0.15, 0.2) is 3.92 Å². The number of hydrogen-bond acceptors (Lipinski definition) is 4. The molecule has 2 aromatic rings. The third kappa shape index (κ3) is 2.23. The molecule has 0 aliphatic carbocycles. The lowest BCUT2D eigenvalue weighted by atomic mass is 10.3. The number of rotatable bonds is 2. The lowest BCUT2D eigenvalue weighted by Crippen LogP contribution is -1.89. The Morgan fingerprint density at radius 3 is 2.71 bits per heavy atom. The smallest absolute Gasteiger partial charge is 0.210 e. The molecule has 0 saturated heterocycles. The number of anilines is 2. The van der Waals surface area contributed by atoms with Crippen LogP contribution >= 0.6 is 38.9 Å². The van der Waals surface area contributed by atoms with Crippen molar-refractivity contribution >= 4 is 49.7 Å². The molecule has 72 valence electrons. The molecule has 1 heterocycles. The number of nitrogens with one attached hydrogen (secondary N) is 1. The predicted octanol–water partition coefficient (Wildman–Crippen LogP) is 3.70. The summed E-state index contributed by atoms with van der Waals surface area (Å²) in [5, 5.41) is 12.2. The Labute approximate surface area is 98.3 Å². The number of aromatic nitrogens is 2. The lowest BCUT2D eigenvalue weighted by Gasteiger charge is -2.02. The van der Waals surface area contributed by atoms with Gasteiger partial charge in [0, 0.05) is 0 Å². The first-order chi connectivity index (χ1) is 6.75. The molecule has 0 atom stereocenters. The Morgan fingerprint density at radius 1 is 1.29 bits per heavy atom. The summed E-state index contributed by atoms with van der Waals surface area (Å²) in [7, 11) is 0. The van der Waals surface area contributed by atoms with Crippen molar-refractivity contribution < 1.29 is 0 Å². The maximum absolute atomic E-state index is 5.96. The summed E-state index contributed by atoms with van der Waals surface area (Å²) < 4.78 is 0.743. The van der Waals surface area contributed by atoms with Gasteiger partial charge in [-0.2, -0.15) is 0 Å². The van der Waals surface area contributed by atoms with Gasteiger partial charge < -0.3 is 5.32 Å². The summed E-state index contributed by atoms with van der Waals surface area (Å²) >= 11 is 10.6. The van der Waals surface area contributed by atoms with E-state index in [1.165, 1.54) is 11.3 Å². The fourth-order valence-corrected chi connectivity index (χ4v) is 2.14. The van der Waals surface area contributed by atoms with Gasteiger partial charge in [-0.1, -0.05) is 35.1 Å². The van der Waals surface area contributed by atoms with Gasteiger partial charge in [0.2, 0.25) is 5.13 Å². The molecule has 14 heavy (non-hydrogen) atoms. The summed E-state index contributed by atoms with van der Waals surface area (Å²) in [6.07, 6.45) is 0. The fraction of sp³-hybridized carbons (Fsp3) is 0. The van der Waals surface area contributed by atoms with Crippen LogP contribution in [0.25, 0.3) is 0 Å². The Bertz CT molecular complexity index is 446. The van der Waals surface area contributed by atoms with Crippen molar-refractivity contribution in [1.29, 1.82) is 0 Å². The van der Waals surface area contributed by atoms with Crippen molar-refractivity contribution in [3.8, 4) is 0 Å². The van der Waals surface area contributed by atoms with E-state index in [0.29, 0.717) is 10.2 Å². The first kappa shape index (κ1) is 9.89. The Kier molecular flexibility index (Phi) is 3.00. The van der Waals surface area contributed by atoms with E-state index in [1.807, 2.05) is 24.3 Å². The predicted molar refractivity (Wildman–Crippen MR) is 62.3 cm³/mol. The van der Waals surface area contributed by atoms with Gasteiger partial charge in [-0.15, -0.1) is 10.2 Å². The molecule has 0 saturated carbocycles. The molecule has 0 aliphatic heterocycles. The van der Waals surface area contributed by atoms with E-state index >= 15 is 0 Å². The molecule has 0 aliphatic rings. The van der Waals surface area contributed by atoms with Gasteiger partial charge in [0.05, 0.1) is 10.7 Å². The van der Waals surface area contributed by atoms with Crippen molar-refractivity contribution in [2.45, 2.75) is 0 Å². The van der Waals surface area contributed by atoms with Crippen LogP contribution in [0.15, 0.2) is 28.2 Å². The van der Waals surface area contributed by atoms with E-state index in [0.717, 1.165) is 9.60 Å². The number of para-hydroxylation sites is 1. The molecule has 2 rings (SSSR count). The Balaban J connectivity index is 2.23. The molecule has 1 N–H and O–H groups in total. The zero-order valence-electron chi connectivity index (χ0n) is 6.87. The molecule has 0 bridgehead atoms. The molecule has 1 aromatic heterocycles. The largest absolute Gasteiger partial charge is 0.329 e. The third-order valence-corrected chi connectivity index (χ3v) is 3.12. The highest BCUT2D eigenvalue weighted by molar-refractivity contribution is 9.11. The van der Waals surface area contributed by atoms with Crippen LogP contribution in [0, 0.1) is 0 Å². The van der Waals surface area contributed by atoms with Gasteiger partial charge in [0.25, 0.3) is 0 Å². The van der Waals surface area contributed by atoms with Gasteiger partial charge in [-0.05, 0) is 28.1 Å². The SMILES string of the molecule is Clc1ccccc1Nc1nnc(Br)s1. The summed E-state index contributed by atoms with van der Waals surface area (Å²) in [5.41, 5.74) is 0.831. The van der Waals surface area contributed by atoms with Crippen LogP contribution in [0.3, 0.4) is 0 Å². The van der Waals surface area contributed by atoms with Crippen LogP contribution in [0.1, 0.15) is 0 Å². The van der Waals surface area contributed by atoms with Crippen molar-refractivity contribution in [1.82, 2.24) is 10.2 Å². The molecule has 0 unspecified atom stereocenters. The standard InChI is InChI=1S/C8H5BrClN3S/c9-7-12-13-8(14-7)11-6-4-2-1-3-5(6)10/h1-4H,(H,11,13). The van der Waals surface area contributed by atoms with Gasteiger partial charge in [0.1, 0.15) is 0 Å². The van der Waals surface area contributed by atoms with E-state index in [2.05, 4.69) is 31.4 Å². The molecule has 0 fully saturated rings. The minimum absolute atomic E-state index is 0.666. The minimum Gasteiger partial charge on any atom is -0.329 e. The van der Waals surface area contributed by atoms with Gasteiger partial charge in [-0.25, -0.2) is 0 Å². The summed E-state index contributed by atoms with van der Waals surface area (Å²) in [6.45, 7) is 0. The molecule has 0 radical (unpaired) electrons. The second kappa shape index (κ2) is 4.25. The highest BCUT2D eigenvalue weighted by Crippen LogP contribution is 2.27. The van der Waals surface area contributed by atoms with Crippen LogP contribution in [-0.4, -0.2) is 10.2 Å². The molecule has 0 amide bonds. The van der Waals surface area contributed by atoms with Gasteiger partial charge >= 0.3 is 0 Å². The van der Waals surface area contributed by atoms with Crippen LogP contribution in [0.2, 0.25) is 5.02 Å². The summed E-state index contributed by atoms with van der Waals surface area (Å²) in [5.74, 6) is 0. The molecule has 0 spiro atoms. The molecule has 1 aromatic carbocycles. The number of hydrogen-bond donors (Lipinski definition) is 1. The van der Waals surface area contributed by atoms with E-state index in [4.69, 9.17) is 11.6 Å². The molecular weight excluding hydrogens is 286 g/mol. The highest BCUT2D eigenvalue weighted by Gasteiger charge is 2.03. The first-order valence-corrected chi connectivity index (χ1v) is 5.75. The summed E-state index contributed by atoms with van der Waals surface area (Å²) in [6, 6.07) is 7.49. The number of halogens is 2. The second-order valence-electron chi connectivity index (χ2n) is 2.47. The zero-order valence-corrected chi connectivity index (χ0v) is 10.0. The normalized spacial score (nSPS) is 10.1. The van der Waals surface area contributed by atoms with Gasteiger partial charge in [-0.3, -0.25) is 0 Å². The number of benzene rings is 1. The van der Waals surface area contributed by atoms with Crippen molar-refractivity contribution in [2.75, 3.05) is 5.32 Å². The van der Waals surface area contributed by atoms with E-state index in [9.17, 15) is 0 Å². The topological polar surface area (TPSA) is 37.8 Å². The van der Waals surface area contributed by atoms with Crippen molar-refractivity contribution in [3.63, 3.8) is 0 Å². The fourth-order valence-electron chi connectivity index (χ4n) is 0.934. The van der Waals surface area contributed by atoms with E-state index < -0.39 is 0 Å². The molecular formula is C8H5BrClN3S. The summed E-state index contributed by atoms with van der Waals surface area (Å²) in [4.78, 5) is 0. The van der Waals surface area contributed by atoms with Crippen LogP contribution in [0.4, 0.5) is 10.8 Å². The number of nitrogens with zero attached hydrogens (tertiary/aromatic N) is 2. The maximum atomic E-state index is 5.96. The first-order valence-electron chi connectivity index (χ1n) is 3.76. The second-order valence-corrected chi connectivity index (χ2v) is 5.13. The molecule has 6 heteroatoms. The Morgan fingerprint density at radius 2 is 2.07 bits per heavy atom. The lowest BCUT2D eigenvalue weighted by molar-refractivity contribution is 1.07. The third-order valence-electron chi connectivity index (χ3n) is 1.52. The Hall–Kier alpha value is -0.650. The van der Waals surface area contributed by atoms with Crippen LogP contribution in [-0.2, 0) is 0 Å². The highest BCUT2D eigenvalue weighted by atomic mass is 79.9. The van der Waals surface area contributed by atoms with E-state index in [1.54, 1.807) is 0 Å². The quantitative estimate of drug-likeness (QED) is 0.916. The zero-order chi connectivity index (χ0) is 9.97. The maximum Gasteiger partial charge on any atom is 0.210 e.